The maximum Gasteiger partial charge on any atom is 0.237 e. The van der Waals surface area contributed by atoms with Crippen molar-refractivity contribution in [2.75, 3.05) is 13.6 Å². The molecule has 0 spiro atoms. The van der Waals surface area contributed by atoms with Crippen molar-refractivity contribution in [2.24, 2.45) is 5.73 Å². The van der Waals surface area contributed by atoms with Crippen molar-refractivity contribution in [2.45, 2.75) is 37.9 Å². The number of thiophene rings is 1. The van der Waals surface area contributed by atoms with Gasteiger partial charge in [-0.1, -0.05) is 0 Å². The third kappa shape index (κ3) is 3.18. The predicted octanol–water partition coefficient (Wildman–Crippen LogP) is 2.11. The zero-order valence-electron chi connectivity index (χ0n) is 11.2. The highest BCUT2D eigenvalue weighted by molar-refractivity contribution is 9.10. The van der Waals surface area contributed by atoms with Crippen LogP contribution in [0.2, 0.25) is 0 Å². The lowest BCUT2D eigenvalue weighted by Gasteiger charge is -2.34. The van der Waals surface area contributed by atoms with Crippen molar-refractivity contribution in [3.8, 4) is 0 Å². The zero-order chi connectivity index (χ0) is 14.0. The Balaban J connectivity index is 2.26. The first-order valence-corrected chi connectivity index (χ1v) is 8.18. The van der Waals surface area contributed by atoms with Crippen LogP contribution in [0.25, 0.3) is 0 Å². The van der Waals surface area contributed by atoms with Gasteiger partial charge in [0.05, 0.1) is 12.1 Å². The Bertz CT molecular complexity index is 449. The topological polar surface area (TPSA) is 58.4 Å². The minimum Gasteiger partial charge on any atom is -0.358 e. The maximum atomic E-state index is 12.0. The van der Waals surface area contributed by atoms with Crippen molar-refractivity contribution >= 4 is 33.2 Å². The first-order chi connectivity index (χ1) is 9.04. The van der Waals surface area contributed by atoms with Crippen LogP contribution in [0.1, 0.15) is 30.7 Å². The number of nitrogens with one attached hydrogen (secondary N) is 1. The van der Waals surface area contributed by atoms with E-state index in [4.69, 9.17) is 5.73 Å². The fourth-order valence-electron chi connectivity index (χ4n) is 2.78. The standard InChI is InChI=1S/C13H20BrN3OS/c1-8(15)12(11-6-9(14)7-19-11)17-5-3-4-10(17)13(18)16-2/h6-8,10,12H,3-5,15H2,1-2H3,(H,16,18). The second-order valence-electron chi connectivity index (χ2n) is 4.98. The van der Waals surface area contributed by atoms with Gasteiger partial charge in [0.25, 0.3) is 0 Å². The van der Waals surface area contributed by atoms with Gasteiger partial charge in [-0.05, 0) is 48.3 Å². The molecular weight excluding hydrogens is 326 g/mol. The second kappa shape index (κ2) is 6.35. The van der Waals surface area contributed by atoms with E-state index in [1.165, 1.54) is 4.88 Å². The van der Waals surface area contributed by atoms with Crippen LogP contribution in [0.3, 0.4) is 0 Å². The molecule has 1 aliphatic heterocycles. The molecule has 1 aromatic heterocycles. The van der Waals surface area contributed by atoms with Crippen LogP contribution in [0.15, 0.2) is 15.9 Å². The van der Waals surface area contributed by atoms with E-state index < -0.39 is 0 Å². The lowest BCUT2D eigenvalue weighted by Crippen LogP contribution is -2.47. The van der Waals surface area contributed by atoms with E-state index in [0.29, 0.717) is 0 Å². The smallest absolute Gasteiger partial charge is 0.237 e. The molecule has 0 saturated carbocycles. The van der Waals surface area contributed by atoms with Crippen LogP contribution in [0.5, 0.6) is 0 Å². The van der Waals surface area contributed by atoms with Crippen molar-refractivity contribution in [3.05, 3.63) is 20.8 Å². The van der Waals surface area contributed by atoms with Gasteiger partial charge in [-0.25, -0.2) is 0 Å². The zero-order valence-corrected chi connectivity index (χ0v) is 13.6. The molecule has 1 aromatic rings. The summed E-state index contributed by atoms with van der Waals surface area (Å²) >= 11 is 5.18. The lowest BCUT2D eigenvalue weighted by atomic mass is 10.1. The average Bonchev–Trinajstić information content (AvgIpc) is 2.98. The number of nitrogens with two attached hydrogens (primary N) is 1. The molecule has 2 heterocycles. The summed E-state index contributed by atoms with van der Waals surface area (Å²) in [5, 5.41) is 4.83. The van der Waals surface area contributed by atoms with Gasteiger partial charge in [0.15, 0.2) is 0 Å². The van der Waals surface area contributed by atoms with E-state index in [1.807, 2.05) is 6.92 Å². The monoisotopic (exact) mass is 345 g/mol. The molecule has 19 heavy (non-hydrogen) atoms. The van der Waals surface area contributed by atoms with E-state index in [1.54, 1.807) is 18.4 Å². The molecular formula is C13H20BrN3OS. The van der Waals surface area contributed by atoms with Gasteiger partial charge in [0, 0.05) is 27.8 Å². The number of likely N-dealkylation sites (tertiary alicyclic amines) is 1. The molecule has 4 nitrogen and oxygen atoms in total. The van der Waals surface area contributed by atoms with Crippen LogP contribution >= 0.6 is 27.3 Å². The summed E-state index contributed by atoms with van der Waals surface area (Å²) in [5.74, 6) is 0.0961. The molecule has 3 unspecified atom stereocenters. The normalized spacial score (nSPS) is 23.3. The Labute approximate surface area is 126 Å². The molecule has 0 bridgehead atoms. The highest BCUT2D eigenvalue weighted by Crippen LogP contribution is 2.35. The summed E-state index contributed by atoms with van der Waals surface area (Å²) in [6.07, 6.45) is 1.96. The number of carbonyl (C=O) groups is 1. The Hall–Kier alpha value is -0.430. The third-order valence-electron chi connectivity index (χ3n) is 3.58. The minimum absolute atomic E-state index is 0.00388. The Morgan fingerprint density at radius 2 is 2.42 bits per heavy atom. The van der Waals surface area contributed by atoms with Crippen LogP contribution < -0.4 is 11.1 Å². The van der Waals surface area contributed by atoms with Crippen LogP contribution in [0.4, 0.5) is 0 Å². The molecule has 1 amide bonds. The highest BCUT2D eigenvalue weighted by atomic mass is 79.9. The number of likely N-dealkylation sites (N-methyl/N-ethyl adjacent to an activating group) is 1. The number of carbonyl (C=O) groups excluding carboxylic acids is 1. The summed E-state index contributed by atoms with van der Waals surface area (Å²) in [7, 11) is 1.70. The van der Waals surface area contributed by atoms with E-state index in [0.717, 1.165) is 23.9 Å². The number of halogens is 1. The van der Waals surface area contributed by atoms with Crippen molar-refractivity contribution in [1.82, 2.24) is 10.2 Å². The third-order valence-corrected chi connectivity index (χ3v) is 5.34. The quantitative estimate of drug-likeness (QED) is 0.878. The number of hydrogen-bond acceptors (Lipinski definition) is 4. The molecule has 2 rings (SSSR count). The first kappa shape index (κ1) is 15.0. The molecule has 0 aromatic carbocycles. The molecule has 3 N–H and O–H groups in total. The Morgan fingerprint density at radius 3 is 2.95 bits per heavy atom. The van der Waals surface area contributed by atoms with E-state index in [2.05, 4.69) is 37.6 Å². The molecule has 1 aliphatic rings. The summed E-state index contributed by atoms with van der Waals surface area (Å²) in [4.78, 5) is 15.5. The van der Waals surface area contributed by atoms with Crippen LogP contribution in [0, 0.1) is 0 Å². The van der Waals surface area contributed by atoms with Gasteiger partial charge in [0.2, 0.25) is 5.91 Å². The number of amides is 1. The molecule has 1 saturated heterocycles. The molecule has 0 aliphatic carbocycles. The van der Waals surface area contributed by atoms with Gasteiger partial charge < -0.3 is 11.1 Å². The predicted molar refractivity (Wildman–Crippen MR) is 82.2 cm³/mol. The molecule has 3 atom stereocenters. The summed E-state index contributed by atoms with van der Waals surface area (Å²) < 4.78 is 1.08. The average molecular weight is 346 g/mol. The van der Waals surface area contributed by atoms with Crippen molar-refractivity contribution in [1.29, 1.82) is 0 Å². The van der Waals surface area contributed by atoms with Crippen molar-refractivity contribution < 1.29 is 4.79 Å². The minimum atomic E-state index is -0.0538. The summed E-state index contributed by atoms with van der Waals surface area (Å²) in [6, 6.07) is 2.16. The maximum absolute atomic E-state index is 12.0. The Morgan fingerprint density at radius 1 is 1.68 bits per heavy atom. The summed E-state index contributed by atoms with van der Waals surface area (Å²) in [5.41, 5.74) is 6.18. The lowest BCUT2D eigenvalue weighted by molar-refractivity contribution is -0.125. The molecule has 0 radical (unpaired) electrons. The first-order valence-electron chi connectivity index (χ1n) is 6.51. The van der Waals surface area contributed by atoms with Crippen LogP contribution in [-0.4, -0.2) is 36.5 Å². The largest absolute Gasteiger partial charge is 0.358 e. The number of nitrogens with zero attached hydrogens (tertiary/aromatic N) is 1. The SMILES string of the molecule is CNC(=O)C1CCCN1C(c1cc(Br)cs1)C(C)N. The van der Waals surface area contributed by atoms with Gasteiger partial charge in [-0.3, -0.25) is 9.69 Å². The molecule has 106 valence electrons. The van der Waals surface area contributed by atoms with Gasteiger partial charge in [-0.2, -0.15) is 0 Å². The summed E-state index contributed by atoms with van der Waals surface area (Å²) in [6.45, 7) is 2.94. The molecule has 6 heteroatoms. The fraction of sp³-hybridized carbons (Fsp3) is 0.615. The van der Waals surface area contributed by atoms with Gasteiger partial charge in [0.1, 0.15) is 0 Å². The van der Waals surface area contributed by atoms with E-state index in [9.17, 15) is 4.79 Å². The van der Waals surface area contributed by atoms with Gasteiger partial charge in [-0.15, -0.1) is 11.3 Å². The fourth-order valence-corrected chi connectivity index (χ4v) is 4.46. The highest BCUT2D eigenvalue weighted by Gasteiger charge is 2.37. The van der Waals surface area contributed by atoms with Crippen molar-refractivity contribution in [3.63, 3.8) is 0 Å². The van der Waals surface area contributed by atoms with Crippen LogP contribution in [-0.2, 0) is 4.79 Å². The number of hydrogen-bond donors (Lipinski definition) is 2. The molecule has 1 fully saturated rings. The Kier molecular flexibility index (Phi) is 5.00. The second-order valence-corrected chi connectivity index (χ2v) is 6.84. The van der Waals surface area contributed by atoms with E-state index >= 15 is 0 Å². The number of rotatable bonds is 4. The van der Waals surface area contributed by atoms with Gasteiger partial charge >= 0.3 is 0 Å². The van der Waals surface area contributed by atoms with E-state index in [-0.39, 0.29) is 24.0 Å².